The van der Waals surface area contributed by atoms with Gasteiger partial charge in [0.15, 0.2) is 5.82 Å². The average Bonchev–Trinajstić information content (AvgIpc) is 3.07. The number of hydrogen-bond donors (Lipinski definition) is 3. The van der Waals surface area contributed by atoms with Gasteiger partial charge in [0.25, 0.3) is 5.91 Å². The van der Waals surface area contributed by atoms with Crippen molar-refractivity contribution in [3.8, 4) is 5.88 Å². The standard InChI is InChI=1S/C20H21N5O5/c1-30-17-6-7-21-15(23-17)9-22-18(27)11-2-3-13-12(8-11)10-25(20(13)29)14-4-5-16(26)24-19(14)28/h2-3,6-8,14,20,29H,4-5,9-10H2,1H3,(H,22,27)(H,24,26,28). The zero-order valence-electron chi connectivity index (χ0n) is 16.3. The predicted octanol–water partition coefficient (Wildman–Crippen LogP) is 0.0269. The van der Waals surface area contributed by atoms with Crippen LogP contribution in [-0.4, -0.2) is 50.8 Å². The van der Waals surface area contributed by atoms with Gasteiger partial charge in [0.05, 0.1) is 19.7 Å². The molecule has 3 N–H and O–H groups in total. The highest BCUT2D eigenvalue weighted by Crippen LogP contribution is 2.35. The largest absolute Gasteiger partial charge is 0.481 e. The smallest absolute Gasteiger partial charge is 0.251 e. The molecule has 30 heavy (non-hydrogen) atoms. The molecule has 2 aliphatic heterocycles. The van der Waals surface area contributed by atoms with Gasteiger partial charge >= 0.3 is 0 Å². The van der Waals surface area contributed by atoms with Crippen LogP contribution in [0.3, 0.4) is 0 Å². The Bertz CT molecular complexity index is 1010. The first-order valence-electron chi connectivity index (χ1n) is 9.50. The van der Waals surface area contributed by atoms with Crippen LogP contribution >= 0.6 is 0 Å². The highest BCUT2D eigenvalue weighted by molar-refractivity contribution is 6.00. The number of imide groups is 1. The lowest BCUT2D eigenvalue weighted by molar-refractivity contribution is -0.141. The number of rotatable bonds is 5. The van der Waals surface area contributed by atoms with Crippen LogP contribution in [0.1, 0.15) is 46.4 Å². The highest BCUT2D eigenvalue weighted by Gasteiger charge is 2.39. The fourth-order valence-corrected chi connectivity index (χ4v) is 3.72. The summed E-state index contributed by atoms with van der Waals surface area (Å²) in [6, 6.07) is 6.03. The molecule has 2 unspecified atom stereocenters. The number of hydrogen-bond acceptors (Lipinski definition) is 8. The van der Waals surface area contributed by atoms with Crippen molar-refractivity contribution < 1.29 is 24.2 Å². The molecule has 1 saturated heterocycles. The molecule has 156 valence electrons. The molecule has 10 heteroatoms. The highest BCUT2D eigenvalue weighted by atomic mass is 16.5. The number of piperidine rings is 1. The molecule has 10 nitrogen and oxygen atoms in total. The molecule has 0 aliphatic carbocycles. The summed E-state index contributed by atoms with van der Waals surface area (Å²) in [4.78, 5) is 46.0. The zero-order valence-corrected chi connectivity index (χ0v) is 16.3. The van der Waals surface area contributed by atoms with Gasteiger partial charge < -0.3 is 15.2 Å². The van der Waals surface area contributed by atoms with E-state index in [9.17, 15) is 19.5 Å². The van der Waals surface area contributed by atoms with Crippen molar-refractivity contribution in [2.75, 3.05) is 7.11 Å². The minimum atomic E-state index is -0.966. The second kappa shape index (κ2) is 8.17. The number of aromatic nitrogens is 2. The number of ether oxygens (including phenoxy) is 1. The van der Waals surface area contributed by atoms with Crippen molar-refractivity contribution in [3.63, 3.8) is 0 Å². The predicted molar refractivity (Wildman–Crippen MR) is 103 cm³/mol. The van der Waals surface area contributed by atoms with Gasteiger partial charge in [-0.05, 0) is 29.7 Å². The molecule has 2 aliphatic rings. The molecular weight excluding hydrogens is 390 g/mol. The molecule has 2 aromatic rings. The van der Waals surface area contributed by atoms with Crippen LogP contribution in [-0.2, 0) is 22.7 Å². The molecule has 1 aromatic carbocycles. The van der Waals surface area contributed by atoms with Crippen molar-refractivity contribution in [1.29, 1.82) is 0 Å². The fraction of sp³-hybridized carbons (Fsp3) is 0.350. The lowest BCUT2D eigenvalue weighted by atomic mass is 10.0. The Labute approximate surface area is 172 Å². The van der Waals surface area contributed by atoms with Gasteiger partial charge in [0.1, 0.15) is 6.23 Å². The second-order valence-electron chi connectivity index (χ2n) is 7.12. The van der Waals surface area contributed by atoms with Crippen LogP contribution in [0.15, 0.2) is 30.5 Å². The van der Waals surface area contributed by atoms with Crippen molar-refractivity contribution >= 4 is 17.7 Å². The minimum absolute atomic E-state index is 0.137. The van der Waals surface area contributed by atoms with E-state index >= 15 is 0 Å². The van der Waals surface area contributed by atoms with E-state index in [2.05, 4.69) is 20.6 Å². The number of fused-ring (bicyclic) bond motifs is 1. The van der Waals surface area contributed by atoms with Gasteiger partial charge in [-0.25, -0.2) is 4.98 Å². The van der Waals surface area contributed by atoms with Gasteiger partial charge in [0.2, 0.25) is 17.7 Å². The molecule has 3 amide bonds. The van der Waals surface area contributed by atoms with Gasteiger partial charge in [0, 0.05) is 30.8 Å². The van der Waals surface area contributed by atoms with Crippen LogP contribution in [0.2, 0.25) is 0 Å². The number of nitrogens with one attached hydrogen (secondary N) is 2. The monoisotopic (exact) mass is 411 g/mol. The number of aliphatic hydroxyl groups excluding tert-OH is 1. The number of nitrogens with zero attached hydrogens (tertiary/aromatic N) is 3. The molecule has 1 fully saturated rings. The van der Waals surface area contributed by atoms with Gasteiger partial charge in [-0.2, -0.15) is 4.98 Å². The molecule has 0 radical (unpaired) electrons. The number of aliphatic hydroxyl groups is 1. The Kier molecular flexibility index (Phi) is 5.42. The third kappa shape index (κ3) is 3.87. The Morgan fingerprint density at radius 1 is 1.37 bits per heavy atom. The van der Waals surface area contributed by atoms with E-state index in [4.69, 9.17) is 4.74 Å². The van der Waals surface area contributed by atoms with Crippen molar-refractivity contribution in [1.82, 2.24) is 25.5 Å². The first-order valence-corrected chi connectivity index (χ1v) is 9.50. The average molecular weight is 411 g/mol. The van der Waals surface area contributed by atoms with E-state index in [1.54, 1.807) is 35.4 Å². The quantitative estimate of drug-likeness (QED) is 0.587. The minimum Gasteiger partial charge on any atom is -0.481 e. The lowest BCUT2D eigenvalue weighted by Gasteiger charge is -2.31. The van der Waals surface area contributed by atoms with Gasteiger partial charge in [-0.15, -0.1) is 0 Å². The number of amides is 3. The van der Waals surface area contributed by atoms with Gasteiger partial charge in [-0.1, -0.05) is 6.07 Å². The summed E-state index contributed by atoms with van der Waals surface area (Å²) in [6.45, 7) is 0.445. The summed E-state index contributed by atoms with van der Waals surface area (Å²) in [5, 5.41) is 15.7. The summed E-state index contributed by atoms with van der Waals surface area (Å²) in [5.41, 5.74) is 1.83. The van der Waals surface area contributed by atoms with Crippen LogP contribution in [0.25, 0.3) is 0 Å². The van der Waals surface area contributed by atoms with Crippen LogP contribution in [0.5, 0.6) is 5.88 Å². The Morgan fingerprint density at radius 2 is 2.20 bits per heavy atom. The molecule has 0 bridgehead atoms. The number of carbonyl (C=O) groups is 3. The number of benzene rings is 1. The molecule has 4 rings (SSSR count). The number of carbonyl (C=O) groups excluding carboxylic acids is 3. The van der Waals surface area contributed by atoms with Crippen molar-refractivity contribution in [3.05, 3.63) is 53.0 Å². The maximum Gasteiger partial charge on any atom is 0.251 e. The molecule has 3 heterocycles. The third-order valence-electron chi connectivity index (χ3n) is 5.26. The second-order valence-corrected chi connectivity index (χ2v) is 7.12. The van der Waals surface area contributed by atoms with E-state index in [1.807, 2.05) is 0 Å². The van der Waals surface area contributed by atoms with Crippen molar-refractivity contribution in [2.45, 2.75) is 38.2 Å². The lowest BCUT2D eigenvalue weighted by Crippen LogP contribution is -2.51. The third-order valence-corrected chi connectivity index (χ3v) is 5.26. The summed E-state index contributed by atoms with van der Waals surface area (Å²) in [7, 11) is 1.50. The molecule has 0 saturated carbocycles. The molecule has 2 atom stereocenters. The Hall–Kier alpha value is -3.37. The first kappa shape index (κ1) is 19.9. The normalized spacial score (nSPS) is 21.1. The molecule has 0 spiro atoms. The van der Waals surface area contributed by atoms with Crippen LogP contribution < -0.4 is 15.4 Å². The summed E-state index contributed by atoms with van der Waals surface area (Å²) in [6.07, 6.45) is 1.17. The van der Waals surface area contributed by atoms with Crippen LogP contribution in [0, 0.1) is 0 Å². The van der Waals surface area contributed by atoms with Crippen LogP contribution in [0.4, 0.5) is 0 Å². The van der Waals surface area contributed by atoms with E-state index in [0.29, 0.717) is 35.8 Å². The summed E-state index contributed by atoms with van der Waals surface area (Å²) < 4.78 is 5.04. The van der Waals surface area contributed by atoms with Crippen molar-refractivity contribution in [2.24, 2.45) is 0 Å². The van der Waals surface area contributed by atoms with E-state index in [0.717, 1.165) is 5.56 Å². The molecule has 1 aromatic heterocycles. The fourth-order valence-electron chi connectivity index (χ4n) is 3.72. The van der Waals surface area contributed by atoms with E-state index < -0.39 is 18.2 Å². The maximum absolute atomic E-state index is 12.5. The number of methoxy groups -OCH3 is 1. The molecular formula is C20H21N5O5. The first-order chi connectivity index (χ1) is 14.5. The van der Waals surface area contributed by atoms with Gasteiger partial charge in [-0.3, -0.25) is 24.6 Å². The zero-order chi connectivity index (χ0) is 21.3. The topological polar surface area (TPSA) is 134 Å². The Balaban J connectivity index is 1.44. The van der Waals surface area contributed by atoms with E-state index in [-0.39, 0.29) is 24.8 Å². The summed E-state index contributed by atoms with van der Waals surface area (Å²) in [5.74, 6) is -0.188. The summed E-state index contributed by atoms with van der Waals surface area (Å²) >= 11 is 0. The van der Waals surface area contributed by atoms with E-state index in [1.165, 1.54) is 7.11 Å². The SMILES string of the molecule is COc1ccnc(CNC(=O)c2ccc3c(c2)CN(C2CCC(=O)NC2=O)C3O)n1. The Morgan fingerprint density at radius 3 is 2.97 bits per heavy atom. The maximum atomic E-state index is 12.5.